The zero-order valence-corrected chi connectivity index (χ0v) is 18.7. The van der Waals surface area contributed by atoms with Crippen molar-refractivity contribution in [2.24, 2.45) is 0 Å². The van der Waals surface area contributed by atoms with Crippen LogP contribution in [0.15, 0.2) is 0 Å². The summed E-state index contributed by atoms with van der Waals surface area (Å²) >= 11 is 0. The number of aliphatic hydroxyl groups excluding tert-OH is 1. The third-order valence-corrected chi connectivity index (χ3v) is 5.51. The van der Waals surface area contributed by atoms with Gasteiger partial charge in [0.2, 0.25) is 0 Å². The molecule has 10 atom stereocenters. The summed E-state index contributed by atoms with van der Waals surface area (Å²) in [6, 6.07) is 0. The monoisotopic (exact) mass is 440 g/mol. The Hall–Kier alpha value is -0.440. The molecule has 2 rings (SSSR count). The normalized spacial score (nSPS) is 42.4. The summed E-state index contributed by atoms with van der Waals surface area (Å²) in [6.45, 7) is 0.433. The van der Waals surface area contributed by atoms with E-state index in [1.54, 1.807) is 28.4 Å². The Kier molecular flexibility index (Phi) is 10.8. The van der Waals surface area contributed by atoms with Crippen molar-refractivity contribution >= 4 is 0 Å². The van der Waals surface area contributed by atoms with Crippen LogP contribution in [0.2, 0.25) is 0 Å². The Bertz CT molecular complexity index is 481. The van der Waals surface area contributed by atoms with Gasteiger partial charge in [0.25, 0.3) is 0 Å². The second-order valence-corrected chi connectivity index (χ2v) is 7.12. The Morgan fingerprint density at radius 2 is 1.03 bits per heavy atom. The highest BCUT2D eigenvalue weighted by atomic mass is 16.7. The smallest absolute Gasteiger partial charge is 0.187 e. The van der Waals surface area contributed by atoms with E-state index in [1.807, 2.05) is 0 Å². The molecule has 2 fully saturated rings. The predicted octanol–water partition coefficient (Wildman–Crippen LogP) is -0.818. The maximum atomic E-state index is 10.3. The molecule has 0 amide bonds. The molecular weight excluding hydrogens is 404 g/mol. The first kappa shape index (κ1) is 25.8. The van der Waals surface area contributed by atoms with Gasteiger partial charge in [-0.05, 0) is 0 Å². The first-order valence-corrected chi connectivity index (χ1v) is 9.77. The molecule has 11 nitrogen and oxygen atoms in total. The largest absolute Gasteiger partial charge is 0.382 e. The van der Waals surface area contributed by atoms with E-state index >= 15 is 0 Å². The molecule has 0 aromatic carbocycles. The number of aliphatic hydroxyl groups is 1. The first-order chi connectivity index (χ1) is 14.5. The summed E-state index contributed by atoms with van der Waals surface area (Å²) in [5.41, 5.74) is 0. The third kappa shape index (κ3) is 5.48. The van der Waals surface area contributed by atoms with Gasteiger partial charge in [0.05, 0.1) is 13.2 Å². The number of ether oxygens (including phenoxy) is 10. The van der Waals surface area contributed by atoms with Gasteiger partial charge in [-0.1, -0.05) is 0 Å². The number of methoxy groups -OCH3 is 7. The molecule has 0 aliphatic carbocycles. The van der Waals surface area contributed by atoms with Crippen molar-refractivity contribution in [3.8, 4) is 0 Å². The topological polar surface area (TPSA) is 113 Å². The highest BCUT2D eigenvalue weighted by Gasteiger charge is 2.52. The molecule has 11 heteroatoms. The van der Waals surface area contributed by atoms with E-state index < -0.39 is 61.4 Å². The summed E-state index contributed by atoms with van der Waals surface area (Å²) in [6.07, 6.45) is -6.77. The van der Waals surface area contributed by atoms with Crippen LogP contribution in [0.3, 0.4) is 0 Å². The molecule has 0 radical (unpaired) electrons. The lowest BCUT2D eigenvalue weighted by molar-refractivity contribution is -0.363. The molecule has 178 valence electrons. The van der Waals surface area contributed by atoms with Crippen molar-refractivity contribution in [1.82, 2.24) is 0 Å². The second-order valence-electron chi connectivity index (χ2n) is 7.12. The lowest BCUT2D eigenvalue weighted by atomic mass is 9.96. The minimum absolute atomic E-state index is 0.165. The Balaban J connectivity index is 2.31. The lowest BCUT2D eigenvalue weighted by Crippen LogP contribution is -2.65. The summed E-state index contributed by atoms with van der Waals surface area (Å²) in [4.78, 5) is 0. The maximum absolute atomic E-state index is 10.3. The van der Waals surface area contributed by atoms with Crippen LogP contribution in [0.1, 0.15) is 0 Å². The first-order valence-electron chi connectivity index (χ1n) is 9.77. The van der Waals surface area contributed by atoms with Gasteiger partial charge in [0.1, 0.15) is 48.8 Å². The fourth-order valence-electron chi connectivity index (χ4n) is 4.12. The van der Waals surface area contributed by atoms with Gasteiger partial charge >= 0.3 is 0 Å². The van der Waals surface area contributed by atoms with Gasteiger partial charge in [-0.25, -0.2) is 0 Å². The quantitative estimate of drug-likeness (QED) is 0.435. The molecule has 0 saturated carbocycles. The Labute approximate surface area is 177 Å². The van der Waals surface area contributed by atoms with E-state index in [1.165, 1.54) is 21.3 Å². The van der Waals surface area contributed by atoms with Gasteiger partial charge in [-0.3, -0.25) is 0 Å². The van der Waals surface area contributed by atoms with E-state index in [0.29, 0.717) is 0 Å². The molecule has 2 heterocycles. The fraction of sp³-hybridized carbons (Fsp3) is 1.00. The zero-order chi connectivity index (χ0) is 22.3. The van der Waals surface area contributed by atoms with Gasteiger partial charge in [-0.2, -0.15) is 0 Å². The molecule has 0 bridgehead atoms. The molecule has 30 heavy (non-hydrogen) atoms. The molecule has 0 unspecified atom stereocenters. The minimum Gasteiger partial charge on any atom is -0.382 e. The second kappa shape index (κ2) is 12.6. The van der Waals surface area contributed by atoms with Crippen molar-refractivity contribution in [2.75, 3.05) is 63.0 Å². The van der Waals surface area contributed by atoms with Crippen LogP contribution >= 0.6 is 0 Å². The van der Waals surface area contributed by atoms with E-state index in [9.17, 15) is 5.11 Å². The summed E-state index contributed by atoms with van der Waals surface area (Å²) in [5.74, 6) is 0. The average molecular weight is 440 g/mol. The Morgan fingerprint density at radius 1 is 0.567 bits per heavy atom. The summed E-state index contributed by atoms with van der Waals surface area (Å²) < 4.78 is 56.6. The predicted molar refractivity (Wildman–Crippen MR) is 102 cm³/mol. The number of rotatable bonds is 11. The highest BCUT2D eigenvalue weighted by molar-refractivity contribution is 4.96. The van der Waals surface area contributed by atoms with E-state index in [0.717, 1.165) is 0 Å². The van der Waals surface area contributed by atoms with Crippen molar-refractivity contribution in [3.63, 3.8) is 0 Å². The third-order valence-electron chi connectivity index (χ3n) is 5.51. The van der Waals surface area contributed by atoms with Crippen LogP contribution in [0.25, 0.3) is 0 Å². The van der Waals surface area contributed by atoms with Crippen LogP contribution in [-0.4, -0.2) is 130 Å². The summed E-state index contributed by atoms with van der Waals surface area (Å²) in [7, 11) is 10.8. The van der Waals surface area contributed by atoms with Crippen LogP contribution in [0.5, 0.6) is 0 Å². The Morgan fingerprint density at radius 3 is 1.50 bits per heavy atom. The molecule has 0 aromatic rings. The van der Waals surface area contributed by atoms with Crippen LogP contribution in [0, 0.1) is 0 Å². The van der Waals surface area contributed by atoms with Gasteiger partial charge in [0, 0.05) is 49.8 Å². The SMILES string of the molecule is COC[C@H]1O[C@@H](O[C@H]2[C@H](OC)[C@@H](OC)[C@@H](O)O[C@@H]2COC)[C@H](OC)[C@@H](OC)[C@H]1OC. The molecule has 0 spiro atoms. The molecule has 2 aliphatic heterocycles. The van der Waals surface area contributed by atoms with Gasteiger partial charge in [0.15, 0.2) is 12.6 Å². The molecule has 0 aromatic heterocycles. The van der Waals surface area contributed by atoms with Crippen molar-refractivity contribution in [1.29, 1.82) is 0 Å². The zero-order valence-electron chi connectivity index (χ0n) is 18.7. The lowest BCUT2D eigenvalue weighted by Gasteiger charge is -2.48. The van der Waals surface area contributed by atoms with Crippen LogP contribution < -0.4 is 0 Å². The minimum atomic E-state index is -1.20. The number of hydrogen-bond acceptors (Lipinski definition) is 11. The molecule has 2 saturated heterocycles. The molecular formula is C19H36O11. The van der Waals surface area contributed by atoms with Crippen LogP contribution in [0.4, 0.5) is 0 Å². The van der Waals surface area contributed by atoms with E-state index in [-0.39, 0.29) is 13.2 Å². The number of hydrogen-bond donors (Lipinski definition) is 1. The van der Waals surface area contributed by atoms with E-state index in [2.05, 4.69) is 0 Å². The van der Waals surface area contributed by atoms with Crippen molar-refractivity contribution in [2.45, 2.75) is 61.4 Å². The molecule has 2 aliphatic rings. The average Bonchev–Trinajstić information content (AvgIpc) is 2.74. The fourth-order valence-corrected chi connectivity index (χ4v) is 4.12. The van der Waals surface area contributed by atoms with Gasteiger partial charge in [-0.15, -0.1) is 0 Å². The summed E-state index contributed by atoms with van der Waals surface area (Å²) in [5, 5.41) is 10.3. The maximum Gasteiger partial charge on any atom is 0.187 e. The van der Waals surface area contributed by atoms with E-state index in [4.69, 9.17) is 47.4 Å². The molecule has 1 N–H and O–H groups in total. The van der Waals surface area contributed by atoms with Crippen molar-refractivity contribution < 1.29 is 52.5 Å². The van der Waals surface area contributed by atoms with Gasteiger partial charge < -0.3 is 52.5 Å². The highest BCUT2D eigenvalue weighted by Crippen LogP contribution is 2.33. The van der Waals surface area contributed by atoms with Crippen LogP contribution in [-0.2, 0) is 47.4 Å². The van der Waals surface area contributed by atoms with Crippen molar-refractivity contribution in [3.05, 3.63) is 0 Å². The standard InChI is InChI=1S/C19H36O11/c1-21-8-10-12(23-3)14(24-4)17(27-7)19(29-10)30-13-11(9-22-2)28-18(20)16(26-6)15(13)25-5/h10-20H,8-9H2,1-7H3/t10-,11-,12+,13-,14+,15+,16-,17-,18+,19+/m1/s1.